The van der Waals surface area contributed by atoms with Crippen LogP contribution in [0.4, 0.5) is 0 Å². The van der Waals surface area contributed by atoms with Crippen LogP contribution in [-0.2, 0) is 13.6 Å². The third kappa shape index (κ3) is 1.94. The second kappa shape index (κ2) is 5.13. The van der Waals surface area contributed by atoms with Gasteiger partial charge in [0.05, 0.1) is 5.52 Å². The van der Waals surface area contributed by atoms with Crippen molar-refractivity contribution in [2.24, 2.45) is 7.05 Å². The van der Waals surface area contributed by atoms with Gasteiger partial charge in [0.25, 0.3) is 0 Å². The molecule has 1 aromatic heterocycles. The summed E-state index contributed by atoms with van der Waals surface area (Å²) < 4.78 is 3.00. The smallest absolute Gasteiger partial charge is 0.125 e. The highest BCUT2D eigenvalue weighted by molar-refractivity contribution is 9.10. The molecule has 0 bridgehead atoms. The molecule has 0 spiro atoms. The number of aromatic nitrogens is 1. The van der Waals surface area contributed by atoms with Crippen LogP contribution in [0.15, 0.2) is 16.6 Å². The summed E-state index contributed by atoms with van der Waals surface area (Å²) in [6, 6.07) is 6.44. The zero-order valence-electron chi connectivity index (χ0n) is 10.8. The van der Waals surface area contributed by atoms with Crippen molar-refractivity contribution < 1.29 is 0 Å². The predicted molar refractivity (Wildman–Crippen MR) is 77.5 cm³/mol. The predicted octanol–water partition coefficient (Wildman–Crippen LogP) is 3.23. The fraction of sp³-hybridized carbons (Fsp3) is 0.357. The monoisotopic (exact) mass is 305 g/mol. The second-order valence-electron chi connectivity index (χ2n) is 4.37. The largest absolute Gasteiger partial charge is 0.334 e. The molecular weight excluding hydrogens is 290 g/mol. The van der Waals surface area contributed by atoms with Crippen LogP contribution in [0.3, 0.4) is 0 Å². The molecule has 0 aliphatic rings. The average Bonchev–Trinajstić information content (AvgIpc) is 2.65. The quantitative estimate of drug-likeness (QED) is 0.946. The maximum Gasteiger partial charge on any atom is 0.125 e. The van der Waals surface area contributed by atoms with Gasteiger partial charge in [-0.2, -0.15) is 5.26 Å². The van der Waals surface area contributed by atoms with Gasteiger partial charge in [0.2, 0.25) is 0 Å². The highest BCUT2D eigenvalue weighted by atomic mass is 79.9. The molecule has 2 aromatic rings. The summed E-state index contributed by atoms with van der Waals surface area (Å²) in [6.07, 6.45) is 0. The maximum atomic E-state index is 9.37. The third-order valence-electron chi connectivity index (χ3n) is 3.25. The topological polar surface area (TPSA) is 40.8 Å². The Bertz CT molecular complexity index is 635. The molecule has 18 heavy (non-hydrogen) atoms. The number of hydrogen-bond acceptors (Lipinski definition) is 2. The van der Waals surface area contributed by atoms with Crippen molar-refractivity contribution in [3.05, 3.63) is 33.4 Å². The molecular formula is C14H16BrN3. The molecule has 94 valence electrons. The summed E-state index contributed by atoms with van der Waals surface area (Å²) in [6.45, 7) is 5.79. The molecule has 0 saturated heterocycles. The third-order valence-corrected chi connectivity index (χ3v) is 3.89. The van der Waals surface area contributed by atoms with Gasteiger partial charge in [0.15, 0.2) is 0 Å². The first-order chi connectivity index (χ1) is 8.61. The van der Waals surface area contributed by atoms with Gasteiger partial charge in [-0.3, -0.25) is 0 Å². The summed E-state index contributed by atoms with van der Waals surface area (Å²) in [5, 5.41) is 13.9. The number of benzene rings is 1. The van der Waals surface area contributed by atoms with Crippen molar-refractivity contribution in [3.63, 3.8) is 0 Å². The minimum Gasteiger partial charge on any atom is -0.334 e. The van der Waals surface area contributed by atoms with E-state index in [0.29, 0.717) is 0 Å². The Morgan fingerprint density at radius 1 is 1.44 bits per heavy atom. The lowest BCUT2D eigenvalue weighted by molar-refractivity contribution is 0.725. The van der Waals surface area contributed by atoms with Crippen LogP contribution in [0.2, 0.25) is 0 Å². The standard InChI is InChI=1S/C14H16BrN3/c1-4-17-8-10-12(7-16)18(3)14-11(15)6-5-9(2)13(10)14/h5-6,17H,4,8H2,1-3H3. The molecule has 0 fully saturated rings. The van der Waals surface area contributed by atoms with Gasteiger partial charge in [-0.1, -0.05) is 13.0 Å². The first-order valence-electron chi connectivity index (χ1n) is 5.99. The molecule has 1 N–H and O–H groups in total. The number of fused-ring (bicyclic) bond motifs is 1. The summed E-state index contributed by atoms with van der Waals surface area (Å²) in [4.78, 5) is 0. The Morgan fingerprint density at radius 3 is 2.78 bits per heavy atom. The van der Waals surface area contributed by atoms with Gasteiger partial charge >= 0.3 is 0 Å². The van der Waals surface area contributed by atoms with Crippen molar-refractivity contribution in [3.8, 4) is 6.07 Å². The molecule has 4 heteroatoms. The first-order valence-corrected chi connectivity index (χ1v) is 6.78. The lowest BCUT2D eigenvalue weighted by atomic mass is 10.1. The van der Waals surface area contributed by atoms with Crippen molar-refractivity contribution in [2.75, 3.05) is 6.54 Å². The van der Waals surface area contributed by atoms with Crippen molar-refractivity contribution >= 4 is 26.8 Å². The van der Waals surface area contributed by atoms with Crippen LogP contribution >= 0.6 is 15.9 Å². The van der Waals surface area contributed by atoms with E-state index in [1.165, 1.54) is 10.9 Å². The zero-order chi connectivity index (χ0) is 13.3. The molecule has 0 atom stereocenters. The summed E-state index contributed by atoms with van der Waals surface area (Å²) >= 11 is 3.58. The van der Waals surface area contributed by atoms with E-state index < -0.39 is 0 Å². The molecule has 2 rings (SSSR count). The number of nitrogens with one attached hydrogen (secondary N) is 1. The van der Waals surface area contributed by atoms with Crippen LogP contribution in [0.5, 0.6) is 0 Å². The Kier molecular flexibility index (Phi) is 3.74. The minimum absolute atomic E-state index is 0.730. The van der Waals surface area contributed by atoms with Crippen LogP contribution in [0.1, 0.15) is 23.7 Å². The number of nitriles is 1. The fourth-order valence-corrected chi connectivity index (χ4v) is 2.97. The zero-order valence-corrected chi connectivity index (χ0v) is 12.4. The SMILES string of the molecule is CCNCc1c(C#N)n(C)c2c(Br)ccc(C)c12. The highest BCUT2D eigenvalue weighted by Gasteiger charge is 2.17. The lowest BCUT2D eigenvalue weighted by Crippen LogP contribution is -2.12. The number of nitrogens with zero attached hydrogens (tertiary/aromatic N) is 2. The van der Waals surface area contributed by atoms with E-state index in [-0.39, 0.29) is 0 Å². The summed E-state index contributed by atoms with van der Waals surface area (Å²) in [5.74, 6) is 0. The van der Waals surface area contributed by atoms with E-state index in [0.717, 1.165) is 34.3 Å². The number of halogens is 1. The molecule has 0 amide bonds. The van der Waals surface area contributed by atoms with Crippen molar-refractivity contribution in [2.45, 2.75) is 20.4 Å². The van der Waals surface area contributed by atoms with Gasteiger partial charge < -0.3 is 9.88 Å². The summed E-state index contributed by atoms with van der Waals surface area (Å²) in [5.41, 5.74) is 4.13. The Morgan fingerprint density at radius 2 is 2.17 bits per heavy atom. The second-order valence-corrected chi connectivity index (χ2v) is 5.22. The van der Waals surface area contributed by atoms with E-state index in [9.17, 15) is 5.26 Å². The van der Waals surface area contributed by atoms with Crippen LogP contribution in [-0.4, -0.2) is 11.1 Å². The van der Waals surface area contributed by atoms with Gasteiger partial charge in [-0.15, -0.1) is 0 Å². The Labute approximate surface area is 116 Å². The molecule has 0 saturated carbocycles. The first kappa shape index (κ1) is 13.1. The van der Waals surface area contributed by atoms with Crippen molar-refractivity contribution in [1.82, 2.24) is 9.88 Å². The molecule has 1 heterocycles. The molecule has 3 nitrogen and oxygen atoms in total. The Hall–Kier alpha value is -1.31. The lowest BCUT2D eigenvalue weighted by Gasteiger charge is -2.04. The van der Waals surface area contributed by atoms with E-state index in [2.05, 4.69) is 47.2 Å². The minimum atomic E-state index is 0.730. The molecule has 0 aliphatic heterocycles. The number of rotatable bonds is 3. The molecule has 1 aromatic carbocycles. The Balaban J connectivity index is 2.82. The van der Waals surface area contributed by atoms with Gasteiger partial charge in [0, 0.05) is 29.0 Å². The van der Waals surface area contributed by atoms with Crippen LogP contribution in [0, 0.1) is 18.3 Å². The van der Waals surface area contributed by atoms with Crippen molar-refractivity contribution in [1.29, 1.82) is 5.26 Å². The average molecular weight is 306 g/mol. The molecule has 0 aliphatic carbocycles. The maximum absolute atomic E-state index is 9.37. The number of aryl methyl sites for hydroxylation is 2. The van der Waals surface area contributed by atoms with Gasteiger partial charge in [0.1, 0.15) is 11.8 Å². The van der Waals surface area contributed by atoms with Crippen LogP contribution in [0.25, 0.3) is 10.9 Å². The van der Waals surface area contributed by atoms with E-state index in [1.807, 2.05) is 17.7 Å². The molecule has 0 radical (unpaired) electrons. The van der Waals surface area contributed by atoms with Gasteiger partial charge in [-0.25, -0.2) is 0 Å². The van der Waals surface area contributed by atoms with E-state index in [1.54, 1.807) is 0 Å². The van der Waals surface area contributed by atoms with Crippen LogP contribution < -0.4 is 5.32 Å². The van der Waals surface area contributed by atoms with Gasteiger partial charge in [-0.05, 0) is 41.0 Å². The fourth-order valence-electron chi connectivity index (χ4n) is 2.37. The van der Waals surface area contributed by atoms with E-state index >= 15 is 0 Å². The number of hydrogen-bond donors (Lipinski definition) is 1. The van der Waals surface area contributed by atoms with E-state index in [4.69, 9.17) is 0 Å². The normalized spacial score (nSPS) is 10.8. The molecule has 0 unspecified atom stereocenters. The highest BCUT2D eigenvalue weighted by Crippen LogP contribution is 2.33. The summed E-state index contributed by atoms with van der Waals surface area (Å²) in [7, 11) is 1.94.